The fourth-order valence-electron chi connectivity index (χ4n) is 3.84. The fraction of sp³-hybridized carbons (Fsp3) is 0.250. The standard InChI is InChI=1S/C24H23ClN2O/c25-20-13-11-19(12-14-20)16-21-8-4-9-22(26-21)23-10-5-15-27(23)24(28)17-18-6-2-1-3-7-18/h1-4,6-9,11-14,23H,5,10,15-17H2/t23-/m1/s1. The van der Waals surface area contributed by atoms with Gasteiger partial charge in [-0.3, -0.25) is 9.78 Å². The topological polar surface area (TPSA) is 33.2 Å². The monoisotopic (exact) mass is 390 g/mol. The summed E-state index contributed by atoms with van der Waals surface area (Å²) < 4.78 is 0. The minimum atomic E-state index is 0.0707. The highest BCUT2D eigenvalue weighted by Gasteiger charge is 2.30. The maximum Gasteiger partial charge on any atom is 0.227 e. The molecule has 3 aromatic rings. The second-order valence-corrected chi connectivity index (χ2v) is 7.70. The van der Waals surface area contributed by atoms with Crippen molar-refractivity contribution in [3.8, 4) is 0 Å². The number of nitrogens with zero attached hydrogens (tertiary/aromatic N) is 2. The van der Waals surface area contributed by atoms with Crippen molar-refractivity contribution in [2.24, 2.45) is 0 Å². The molecule has 4 heteroatoms. The number of halogens is 1. The van der Waals surface area contributed by atoms with Gasteiger partial charge in [-0.05, 0) is 48.2 Å². The van der Waals surface area contributed by atoms with E-state index in [1.54, 1.807) is 0 Å². The zero-order valence-electron chi connectivity index (χ0n) is 15.7. The number of pyridine rings is 1. The Morgan fingerprint density at radius 1 is 0.964 bits per heavy atom. The van der Waals surface area contributed by atoms with Gasteiger partial charge in [0.1, 0.15) is 0 Å². The molecule has 1 aliphatic heterocycles. The molecule has 1 amide bonds. The molecule has 4 rings (SSSR count). The van der Waals surface area contributed by atoms with Crippen LogP contribution in [0.4, 0.5) is 0 Å². The van der Waals surface area contributed by atoms with Crippen LogP contribution in [0.1, 0.15) is 41.4 Å². The molecule has 0 unspecified atom stereocenters. The molecule has 0 bridgehead atoms. The lowest BCUT2D eigenvalue weighted by Crippen LogP contribution is -2.32. The number of hydrogen-bond donors (Lipinski definition) is 0. The van der Waals surface area contributed by atoms with Crippen LogP contribution < -0.4 is 0 Å². The van der Waals surface area contributed by atoms with Crippen molar-refractivity contribution in [2.75, 3.05) is 6.54 Å². The first-order valence-electron chi connectivity index (χ1n) is 9.73. The molecule has 3 nitrogen and oxygen atoms in total. The quantitative estimate of drug-likeness (QED) is 0.597. The van der Waals surface area contributed by atoms with Gasteiger partial charge in [-0.15, -0.1) is 0 Å². The zero-order valence-corrected chi connectivity index (χ0v) is 16.5. The van der Waals surface area contributed by atoms with Gasteiger partial charge in [-0.25, -0.2) is 0 Å². The van der Waals surface area contributed by atoms with E-state index in [1.807, 2.05) is 77.7 Å². The lowest BCUT2D eigenvalue weighted by atomic mass is 10.1. The summed E-state index contributed by atoms with van der Waals surface area (Å²) in [6.07, 6.45) is 3.20. The minimum absolute atomic E-state index is 0.0707. The molecule has 2 heterocycles. The molecular weight excluding hydrogens is 368 g/mol. The molecule has 1 atom stereocenters. The lowest BCUT2D eigenvalue weighted by molar-refractivity contribution is -0.131. The molecule has 0 saturated carbocycles. The van der Waals surface area contributed by atoms with E-state index in [2.05, 4.69) is 0 Å². The Labute approximate surface area is 171 Å². The predicted octanol–water partition coefficient (Wildman–Crippen LogP) is 5.23. The number of amides is 1. The predicted molar refractivity (Wildman–Crippen MR) is 112 cm³/mol. The van der Waals surface area contributed by atoms with Gasteiger partial charge in [-0.2, -0.15) is 0 Å². The molecule has 0 radical (unpaired) electrons. The summed E-state index contributed by atoms with van der Waals surface area (Å²) in [6.45, 7) is 0.805. The summed E-state index contributed by atoms with van der Waals surface area (Å²) >= 11 is 5.98. The number of hydrogen-bond acceptors (Lipinski definition) is 2. The van der Waals surface area contributed by atoms with E-state index in [9.17, 15) is 4.79 Å². The van der Waals surface area contributed by atoms with Crippen LogP contribution in [0, 0.1) is 0 Å². The summed E-state index contributed by atoms with van der Waals surface area (Å²) in [4.78, 5) is 19.8. The molecule has 1 fully saturated rings. The molecule has 2 aromatic carbocycles. The third kappa shape index (κ3) is 4.42. The van der Waals surface area contributed by atoms with Crippen LogP contribution in [0.15, 0.2) is 72.8 Å². The minimum Gasteiger partial charge on any atom is -0.334 e. The van der Waals surface area contributed by atoms with E-state index in [4.69, 9.17) is 16.6 Å². The third-order valence-electron chi connectivity index (χ3n) is 5.24. The summed E-state index contributed by atoms with van der Waals surface area (Å²) in [6, 6.07) is 24.0. The van der Waals surface area contributed by atoms with Crippen LogP contribution in [0.25, 0.3) is 0 Å². The Kier molecular flexibility index (Phi) is 5.73. The number of carbonyl (C=O) groups excluding carboxylic acids is 1. The van der Waals surface area contributed by atoms with E-state index in [1.165, 1.54) is 5.56 Å². The average molecular weight is 391 g/mol. The van der Waals surface area contributed by atoms with Crippen molar-refractivity contribution in [1.82, 2.24) is 9.88 Å². The Morgan fingerprint density at radius 3 is 2.54 bits per heavy atom. The molecule has 0 spiro atoms. The molecule has 1 saturated heterocycles. The van der Waals surface area contributed by atoms with E-state index in [0.29, 0.717) is 6.42 Å². The SMILES string of the molecule is O=C(Cc1ccccc1)N1CCC[C@@H]1c1cccc(Cc2ccc(Cl)cc2)n1. The van der Waals surface area contributed by atoms with Gasteiger partial charge in [0.05, 0.1) is 18.2 Å². The van der Waals surface area contributed by atoms with Crippen LogP contribution in [-0.2, 0) is 17.6 Å². The van der Waals surface area contributed by atoms with E-state index >= 15 is 0 Å². The fourth-order valence-corrected chi connectivity index (χ4v) is 3.96. The highest BCUT2D eigenvalue weighted by molar-refractivity contribution is 6.30. The Balaban J connectivity index is 1.49. The van der Waals surface area contributed by atoms with Gasteiger partial charge >= 0.3 is 0 Å². The first-order valence-corrected chi connectivity index (χ1v) is 10.1. The first-order chi connectivity index (χ1) is 13.7. The average Bonchev–Trinajstić information content (AvgIpc) is 3.21. The Bertz CT molecular complexity index is 940. The Morgan fingerprint density at radius 2 is 1.75 bits per heavy atom. The third-order valence-corrected chi connectivity index (χ3v) is 5.49. The van der Waals surface area contributed by atoms with Gasteiger partial charge < -0.3 is 4.90 Å². The first kappa shape index (κ1) is 18.7. The van der Waals surface area contributed by atoms with Gasteiger partial charge in [0.15, 0.2) is 0 Å². The number of carbonyl (C=O) groups is 1. The van der Waals surface area contributed by atoms with Gasteiger partial charge in [0.2, 0.25) is 5.91 Å². The van der Waals surface area contributed by atoms with Crippen molar-refractivity contribution in [3.63, 3.8) is 0 Å². The molecular formula is C24H23ClN2O. The summed E-state index contributed by atoms with van der Waals surface area (Å²) in [5, 5.41) is 0.740. The van der Waals surface area contributed by atoms with Crippen molar-refractivity contribution in [1.29, 1.82) is 0 Å². The van der Waals surface area contributed by atoms with Crippen LogP contribution in [0.2, 0.25) is 5.02 Å². The van der Waals surface area contributed by atoms with Crippen molar-refractivity contribution < 1.29 is 4.79 Å². The second-order valence-electron chi connectivity index (χ2n) is 7.26. The summed E-state index contributed by atoms with van der Waals surface area (Å²) in [5.74, 6) is 0.179. The molecule has 142 valence electrons. The number of aromatic nitrogens is 1. The van der Waals surface area contributed by atoms with Gasteiger partial charge in [0.25, 0.3) is 0 Å². The van der Waals surface area contributed by atoms with Crippen molar-refractivity contribution in [2.45, 2.75) is 31.7 Å². The maximum atomic E-state index is 12.9. The number of benzene rings is 2. The van der Waals surface area contributed by atoms with E-state index < -0.39 is 0 Å². The molecule has 28 heavy (non-hydrogen) atoms. The molecule has 1 aromatic heterocycles. The summed E-state index contributed by atoms with van der Waals surface area (Å²) in [5.41, 5.74) is 4.24. The summed E-state index contributed by atoms with van der Waals surface area (Å²) in [7, 11) is 0. The largest absolute Gasteiger partial charge is 0.334 e. The molecule has 1 aliphatic rings. The number of rotatable bonds is 5. The second kappa shape index (κ2) is 8.57. The molecule has 0 N–H and O–H groups in total. The van der Waals surface area contributed by atoms with E-state index in [-0.39, 0.29) is 11.9 Å². The van der Waals surface area contributed by atoms with Crippen molar-refractivity contribution in [3.05, 3.63) is 100 Å². The number of likely N-dealkylation sites (tertiary alicyclic amines) is 1. The molecule has 0 aliphatic carbocycles. The van der Waals surface area contributed by atoms with Crippen LogP contribution in [0.3, 0.4) is 0 Å². The maximum absolute atomic E-state index is 12.9. The van der Waals surface area contributed by atoms with Crippen LogP contribution >= 0.6 is 11.6 Å². The normalized spacial score (nSPS) is 16.3. The van der Waals surface area contributed by atoms with Crippen LogP contribution in [-0.4, -0.2) is 22.3 Å². The van der Waals surface area contributed by atoms with Gasteiger partial charge in [-0.1, -0.05) is 60.1 Å². The highest BCUT2D eigenvalue weighted by atomic mass is 35.5. The highest BCUT2D eigenvalue weighted by Crippen LogP contribution is 2.31. The van der Waals surface area contributed by atoms with Crippen molar-refractivity contribution >= 4 is 17.5 Å². The Hall–Kier alpha value is -2.65. The zero-order chi connectivity index (χ0) is 19.3. The smallest absolute Gasteiger partial charge is 0.227 e. The van der Waals surface area contributed by atoms with Crippen LogP contribution in [0.5, 0.6) is 0 Å². The van der Waals surface area contributed by atoms with Gasteiger partial charge in [0, 0.05) is 23.7 Å². The van der Waals surface area contributed by atoms with E-state index in [0.717, 1.165) is 47.8 Å². The lowest BCUT2D eigenvalue weighted by Gasteiger charge is -2.25.